The molecule has 1 fully saturated rings. The highest BCUT2D eigenvalue weighted by Crippen LogP contribution is 2.40. The maximum Gasteiger partial charge on any atom is 0.160 e. The Morgan fingerprint density at radius 3 is 2.71 bits per heavy atom. The highest BCUT2D eigenvalue weighted by atomic mass is 16.5. The van der Waals surface area contributed by atoms with Gasteiger partial charge >= 0.3 is 0 Å². The molecule has 17 heavy (non-hydrogen) atoms. The Kier molecular flexibility index (Phi) is 3.74. The first-order valence-corrected chi connectivity index (χ1v) is 6.29. The van der Waals surface area contributed by atoms with E-state index in [1.807, 2.05) is 13.8 Å². The SMILES string of the molecule is CCOC1(c2ncc(C)c(CO)n2)CCCC1. The van der Waals surface area contributed by atoms with Crippen molar-refractivity contribution in [3.05, 3.63) is 23.3 Å². The molecule has 1 aliphatic rings. The summed E-state index contributed by atoms with van der Waals surface area (Å²) < 4.78 is 5.91. The molecular weight excluding hydrogens is 216 g/mol. The van der Waals surface area contributed by atoms with E-state index >= 15 is 0 Å². The third-order valence-electron chi connectivity index (χ3n) is 3.47. The smallest absolute Gasteiger partial charge is 0.160 e. The summed E-state index contributed by atoms with van der Waals surface area (Å²) in [5, 5.41) is 9.27. The Morgan fingerprint density at radius 2 is 2.12 bits per heavy atom. The first-order valence-electron chi connectivity index (χ1n) is 6.29. The fourth-order valence-corrected chi connectivity index (χ4v) is 2.51. The van der Waals surface area contributed by atoms with Gasteiger partial charge in [-0.15, -0.1) is 0 Å². The van der Waals surface area contributed by atoms with Gasteiger partial charge < -0.3 is 9.84 Å². The fraction of sp³-hybridized carbons (Fsp3) is 0.692. The van der Waals surface area contributed by atoms with Crippen LogP contribution in [-0.4, -0.2) is 21.7 Å². The Hall–Kier alpha value is -1.00. The van der Waals surface area contributed by atoms with Gasteiger partial charge in [0.2, 0.25) is 0 Å². The van der Waals surface area contributed by atoms with Crippen molar-refractivity contribution in [3.8, 4) is 0 Å². The van der Waals surface area contributed by atoms with E-state index in [0.717, 1.165) is 37.1 Å². The van der Waals surface area contributed by atoms with Crippen LogP contribution in [0.25, 0.3) is 0 Å². The molecule has 0 radical (unpaired) electrons. The number of nitrogens with zero attached hydrogens (tertiary/aromatic N) is 2. The van der Waals surface area contributed by atoms with Crippen molar-refractivity contribution in [2.24, 2.45) is 0 Å². The number of rotatable bonds is 4. The number of hydrogen-bond acceptors (Lipinski definition) is 4. The lowest BCUT2D eigenvalue weighted by Crippen LogP contribution is -2.29. The number of hydrogen-bond donors (Lipinski definition) is 1. The van der Waals surface area contributed by atoms with Gasteiger partial charge in [-0.1, -0.05) is 0 Å². The van der Waals surface area contributed by atoms with Gasteiger partial charge in [-0.25, -0.2) is 9.97 Å². The monoisotopic (exact) mass is 236 g/mol. The molecule has 0 aliphatic heterocycles. The molecule has 2 rings (SSSR count). The average Bonchev–Trinajstić information content (AvgIpc) is 2.80. The van der Waals surface area contributed by atoms with Crippen LogP contribution in [0.2, 0.25) is 0 Å². The number of aryl methyl sites for hydroxylation is 1. The molecule has 0 bridgehead atoms. The van der Waals surface area contributed by atoms with Crippen molar-refractivity contribution in [2.75, 3.05) is 6.61 Å². The van der Waals surface area contributed by atoms with E-state index in [2.05, 4.69) is 9.97 Å². The highest BCUT2D eigenvalue weighted by molar-refractivity contribution is 5.18. The van der Waals surface area contributed by atoms with Crippen LogP contribution in [0.5, 0.6) is 0 Å². The first kappa shape index (κ1) is 12.5. The maximum atomic E-state index is 9.27. The fourth-order valence-electron chi connectivity index (χ4n) is 2.51. The topological polar surface area (TPSA) is 55.2 Å². The zero-order valence-corrected chi connectivity index (χ0v) is 10.6. The van der Waals surface area contributed by atoms with E-state index in [1.54, 1.807) is 6.20 Å². The molecular formula is C13H20N2O2. The summed E-state index contributed by atoms with van der Waals surface area (Å²) in [5.74, 6) is 0.742. The lowest BCUT2D eigenvalue weighted by atomic mass is 10.0. The van der Waals surface area contributed by atoms with Crippen LogP contribution < -0.4 is 0 Å². The number of aliphatic hydroxyl groups excluding tert-OH is 1. The lowest BCUT2D eigenvalue weighted by molar-refractivity contribution is -0.0459. The molecule has 1 heterocycles. The van der Waals surface area contributed by atoms with Gasteiger partial charge in [0.05, 0.1) is 12.3 Å². The van der Waals surface area contributed by atoms with Gasteiger partial charge in [0.25, 0.3) is 0 Å². The van der Waals surface area contributed by atoms with Crippen molar-refractivity contribution in [3.63, 3.8) is 0 Å². The highest BCUT2D eigenvalue weighted by Gasteiger charge is 2.39. The van der Waals surface area contributed by atoms with E-state index in [4.69, 9.17) is 4.74 Å². The molecule has 0 saturated heterocycles. The molecule has 0 amide bonds. The number of aliphatic hydroxyl groups is 1. The third kappa shape index (κ3) is 2.33. The molecule has 1 aliphatic carbocycles. The zero-order chi connectivity index (χ0) is 12.3. The summed E-state index contributed by atoms with van der Waals surface area (Å²) in [4.78, 5) is 8.89. The van der Waals surface area contributed by atoms with Crippen LogP contribution in [0.15, 0.2) is 6.20 Å². The van der Waals surface area contributed by atoms with Crippen molar-refractivity contribution >= 4 is 0 Å². The van der Waals surface area contributed by atoms with Gasteiger partial charge in [0, 0.05) is 12.8 Å². The van der Waals surface area contributed by atoms with Gasteiger partial charge in [-0.2, -0.15) is 0 Å². The Bertz CT molecular complexity index is 387. The van der Waals surface area contributed by atoms with E-state index in [0.29, 0.717) is 12.3 Å². The quantitative estimate of drug-likeness (QED) is 0.869. The van der Waals surface area contributed by atoms with Crippen LogP contribution in [0.1, 0.15) is 49.7 Å². The minimum Gasteiger partial charge on any atom is -0.390 e. The van der Waals surface area contributed by atoms with Crippen LogP contribution in [-0.2, 0) is 16.9 Å². The summed E-state index contributed by atoms with van der Waals surface area (Å²) in [7, 11) is 0. The van der Waals surface area contributed by atoms with Gasteiger partial charge in [0.15, 0.2) is 5.82 Å². The predicted octanol–water partition coefficient (Wildman–Crippen LogP) is 2.08. The zero-order valence-electron chi connectivity index (χ0n) is 10.6. The van der Waals surface area contributed by atoms with E-state index in [-0.39, 0.29) is 12.2 Å². The Labute approximate surface area is 102 Å². The van der Waals surface area contributed by atoms with Crippen molar-refractivity contribution < 1.29 is 9.84 Å². The standard InChI is InChI=1S/C13H20N2O2/c1-3-17-13(6-4-5-7-13)12-14-8-10(2)11(9-16)15-12/h8,16H,3-7,9H2,1-2H3. The molecule has 0 unspecified atom stereocenters. The predicted molar refractivity (Wildman–Crippen MR) is 64.5 cm³/mol. The van der Waals surface area contributed by atoms with Crippen LogP contribution in [0, 0.1) is 6.92 Å². The van der Waals surface area contributed by atoms with E-state index in [9.17, 15) is 5.11 Å². The summed E-state index contributed by atoms with van der Waals surface area (Å²) >= 11 is 0. The Balaban J connectivity index is 2.36. The largest absolute Gasteiger partial charge is 0.390 e. The minimum absolute atomic E-state index is 0.0381. The third-order valence-corrected chi connectivity index (χ3v) is 3.47. The second kappa shape index (κ2) is 5.10. The van der Waals surface area contributed by atoms with Crippen LogP contribution in [0.3, 0.4) is 0 Å². The first-order chi connectivity index (χ1) is 8.22. The number of aromatic nitrogens is 2. The van der Waals surface area contributed by atoms with Crippen molar-refractivity contribution in [1.82, 2.24) is 9.97 Å². The molecule has 0 atom stereocenters. The summed E-state index contributed by atoms with van der Waals surface area (Å²) in [5.41, 5.74) is 1.33. The summed E-state index contributed by atoms with van der Waals surface area (Å²) in [6.07, 6.45) is 6.06. The normalized spacial score (nSPS) is 18.5. The van der Waals surface area contributed by atoms with Crippen molar-refractivity contribution in [1.29, 1.82) is 0 Å². The Morgan fingerprint density at radius 1 is 1.41 bits per heavy atom. The van der Waals surface area contributed by atoms with Crippen LogP contribution in [0.4, 0.5) is 0 Å². The molecule has 4 heteroatoms. The van der Waals surface area contributed by atoms with Gasteiger partial charge in [0.1, 0.15) is 5.60 Å². The van der Waals surface area contributed by atoms with E-state index in [1.165, 1.54) is 0 Å². The summed E-state index contributed by atoms with van der Waals surface area (Å²) in [6, 6.07) is 0. The molecule has 1 aromatic rings. The molecule has 0 aromatic carbocycles. The molecule has 1 N–H and O–H groups in total. The molecule has 94 valence electrons. The van der Waals surface area contributed by atoms with Crippen molar-refractivity contribution in [2.45, 2.75) is 51.7 Å². The van der Waals surface area contributed by atoms with Crippen LogP contribution >= 0.6 is 0 Å². The molecule has 1 saturated carbocycles. The molecule has 0 spiro atoms. The van der Waals surface area contributed by atoms with E-state index < -0.39 is 0 Å². The molecule has 4 nitrogen and oxygen atoms in total. The lowest BCUT2D eigenvalue weighted by Gasteiger charge is -2.27. The molecule has 1 aromatic heterocycles. The average molecular weight is 236 g/mol. The second-order valence-electron chi connectivity index (χ2n) is 4.62. The second-order valence-corrected chi connectivity index (χ2v) is 4.62. The maximum absolute atomic E-state index is 9.27. The number of ether oxygens (including phenoxy) is 1. The summed E-state index contributed by atoms with van der Waals surface area (Å²) in [6.45, 7) is 4.55. The van der Waals surface area contributed by atoms with Gasteiger partial charge in [-0.3, -0.25) is 0 Å². The minimum atomic E-state index is -0.313. The van der Waals surface area contributed by atoms with Gasteiger partial charge in [-0.05, 0) is 45.1 Å².